The number of fused-ring (bicyclic) bond motifs is 1. The molecule has 126 valence electrons. The second-order valence-corrected chi connectivity index (χ2v) is 6.02. The van der Waals surface area contributed by atoms with Crippen molar-refractivity contribution in [3.8, 4) is 11.5 Å². The molecule has 0 aromatic heterocycles. The van der Waals surface area contributed by atoms with Gasteiger partial charge in [-0.25, -0.2) is 4.79 Å². The topological polar surface area (TPSA) is 50.8 Å². The summed E-state index contributed by atoms with van der Waals surface area (Å²) in [4.78, 5) is 13.8. The van der Waals surface area contributed by atoms with Crippen molar-refractivity contribution in [1.29, 1.82) is 0 Å². The van der Waals surface area contributed by atoms with Gasteiger partial charge in [0.05, 0.1) is 6.54 Å². The highest BCUT2D eigenvalue weighted by Gasteiger charge is 2.23. The first-order valence-corrected chi connectivity index (χ1v) is 8.05. The summed E-state index contributed by atoms with van der Waals surface area (Å²) >= 11 is 0. The van der Waals surface area contributed by atoms with Gasteiger partial charge < -0.3 is 19.7 Å². The minimum atomic E-state index is -0.171. The van der Waals surface area contributed by atoms with Crippen LogP contribution in [0.5, 0.6) is 11.5 Å². The Morgan fingerprint density at radius 2 is 1.88 bits per heavy atom. The highest BCUT2D eigenvalue weighted by atomic mass is 16.6. The van der Waals surface area contributed by atoms with Crippen LogP contribution in [0.2, 0.25) is 0 Å². The van der Waals surface area contributed by atoms with E-state index in [9.17, 15) is 4.79 Å². The van der Waals surface area contributed by atoms with Gasteiger partial charge in [0.15, 0.2) is 17.6 Å². The van der Waals surface area contributed by atoms with Gasteiger partial charge in [-0.1, -0.05) is 42.0 Å². The third-order valence-electron chi connectivity index (χ3n) is 3.96. The van der Waals surface area contributed by atoms with Crippen LogP contribution in [0.1, 0.15) is 11.1 Å². The van der Waals surface area contributed by atoms with E-state index in [1.165, 1.54) is 5.56 Å². The van der Waals surface area contributed by atoms with Crippen LogP contribution in [0.3, 0.4) is 0 Å². The number of likely N-dealkylation sites (N-methyl/N-ethyl adjacent to an activating group) is 1. The van der Waals surface area contributed by atoms with Gasteiger partial charge in [-0.2, -0.15) is 0 Å². The van der Waals surface area contributed by atoms with Crippen LogP contribution in [0.25, 0.3) is 0 Å². The van der Waals surface area contributed by atoms with E-state index in [1.807, 2.05) is 55.5 Å². The highest BCUT2D eigenvalue weighted by Crippen LogP contribution is 2.30. The molecule has 1 aliphatic heterocycles. The van der Waals surface area contributed by atoms with Crippen molar-refractivity contribution in [3.63, 3.8) is 0 Å². The fourth-order valence-corrected chi connectivity index (χ4v) is 2.56. The molecule has 0 saturated carbocycles. The van der Waals surface area contributed by atoms with Crippen molar-refractivity contribution < 1.29 is 14.3 Å². The number of nitrogens with one attached hydrogen (secondary N) is 1. The van der Waals surface area contributed by atoms with Gasteiger partial charge >= 0.3 is 6.03 Å². The number of nitrogens with zero attached hydrogens (tertiary/aromatic N) is 1. The van der Waals surface area contributed by atoms with Crippen LogP contribution in [0, 0.1) is 6.92 Å². The molecule has 0 spiro atoms. The number of urea groups is 1. The number of amides is 2. The predicted molar refractivity (Wildman–Crippen MR) is 92.4 cm³/mol. The van der Waals surface area contributed by atoms with Crippen molar-refractivity contribution in [1.82, 2.24) is 10.2 Å². The van der Waals surface area contributed by atoms with Crippen LogP contribution in [0.15, 0.2) is 48.5 Å². The van der Waals surface area contributed by atoms with Crippen LogP contribution in [0.4, 0.5) is 4.79 Å². The van der Waals surface area contributed by atoms with Gasteiger partial charge in [0, 0.05) is 13.6 Å². The normalized spacial score (nSPS) is 15.7. The maximum Gasteiger partial charge on any atom is 0.317 e. The summed E-state index contributed by atoms with van der Waals surface area (Å²) in [7, 11) is 1.76. The zero-order valence-corrected chi connectivity index (χ0v) is 14.0. The molecule has 0 saturated heterocycles. The van der Waals surface area contributed by atoms with Crippen molar-refractivity contribution in [3.05, 3.63) is 59.7 Å². The molecule has 1 aliphatic rings. The molecule has 2 amide bonds. The third kappa shape index (κ3) is 3.98. The Bertz CT molecular complexity index is 700. The van der Waals surface area contributed by atoms with Crippen LogP contribution >= 0.6 is 0 Å². The van der Waals surface area contributed by atoms with Crippen molar-refractivity contribution in [2.45, 2.75) is 19.6 Å². The van der Waals surface area contributed by atoms with Gasteiger partial charge in [-0.15, -0.1) is 0 Å². The van der Waals surface area contributed by atoms with E-state index >= 15 is 0 Å². The number of carbonyl (C=O) groups excluding carboxylic acids is 1. The third-order valence-corrected chi connectivity index (χ3v) is 3.96. The van der Waals surface area contributed by atoms with Crippen molar-refractivity contribution >= 4 is 6.03 Å². The van der Waals surface area contributed by atoms with Gasteiger partial charge in [-0.3, -0.25) is 0 Å². The average Bonchev–Trinajstić information content (AvgIpc) is 2.61. The fourth-order valence-electron chi connectivity index (χ4n) is 2.56. The molecule has 1 unspecified atom stereocenters. The maximum atomic E-state index is 12.2. The lowest BCUT2D eigenvalue weighted by atomic mass is 10.1. The molecule has 1 N–H and O–H groups in total. The molecule has 0 bridgehead atoms. The Kier molecular flexibility index (Phi) is 4.89. The molecular formula is C19H22N2O3. The van der Waals surface area contributed by atoms with Crippen LogP contribution < -0.4 is 14.8 Å². The van der Waals surface area contributed by atoms with Crippen LogP contribution in [-0.4, -0.2) is 37.2 Å². The van der Waals surface area contributed by atoms with E-state index in [4.69, 9.17) is 9.47 Å². The van der Waals surface area contributed by atoms with Gasteiger partial charge in [0.25, 0.3) is 0 Å². The first kappa shape index (κ1) is 16.2. The number of hydrogen-bond acceptors (Lipinski definition) is 3. The number of para-hydroxylation sites is 2. The van der Waals surface area contributed by atoms with Gasteiger partial charge in [0.1, 0.15) is 6.61 Å². The Morgan fingerprint density at radius 1 is 1.17 bits per heavy atom. The highest BCUT2D eigenvalue weighted by molar-refractivity contribution is 5.73. The first-order chi connectivity index (χ1) is 11.6. The number of aryl methyl sites for hydroxylation is 1. The summed E-state index contributed by atoms with van der Waals surface area (Å²) in [5.74, 6) is 1.47. The molecule has 5 nitrogen and oxygen atoms in total. The molecule has 3 rings (SSSR count). The second-order valence-electron chi connectivity index (χ2n) is 6.02. The SMILES string of the molecule is Cc1ccc(CNC(=O)N(C)CC2COc3ccccc3O2)cc1. The average molecular weight is 326 g/mol. The molecule has 24 heavy (non-hydrogen) atoms. The lowest BCUT2D eigenvalue weighted by molar-refractivity contribution is 0.0715. The smallest absolute Gasteiger partial charge is 0.317 e. The van der Waals surface area contributed by atoms with Gasteiger partial charge in [-0.05, 0) is 24.6 Å². The van der Waals surface area contributed by atoms with Crippen LogP contribution in [-0.2, 0) is 6.54 Å². The summed E-state index contributed by atoms with van der Waals surface area (Å²) in [5, 5.41) is 2.92. The van der Waals surface area contributed by atoms with E-state index in [0.717, 1.165) is 17.1 Å². The summed E-state index contributed by atoms with van der Waals surface area (Å²) < 4.78 is 11.6. The van der Waals surface area contributed by atoms with E-state index in [1.54, 1.807) is 11.9 Å². The van der Waals surface area contributed by atoms with Crippen molar-refractivity contribution in [2.75, 3.05) is 20.2 Å². The molecule has 0 aliphatic carbocycles. The molecule has 5 heteroatoms. The summed E-state index contributed by atoms with van der Waals surface area (Å²) in [6.07, 6.45) is -0.171. The lowest BCUT2D eigenvalue weighted by Gasteiger charge is -2.29. The van der Waals surface area contributed by atoms with E-state index in [-0.39, 0.29) is 12.1 Å². The largest absolute Gasteiger partial charge is 0.486 e. The summed E-state index contributed by atoms with van der Waals surface area (Å²) in [6, 6.07) is 15.6. The zero-order chi connectivity index (χ0) is 16.9. The molecule has 2 aromatic carbocycles. The summed E-state index contributed by atoms with van der Waals surface area (Å²) in [6.45, 7) is 3.45. The Morgan fingerprint density at radius 3 is 2.62 bits per heavy atom. The Labute approximate surface area is 142 Å². The number of ether oxygens (including phenoxy) is 2. The molecule has 0 fully saturated rings. The molecule has 1 atom stereocenters. The molecule has 0 radical (unpaired) electrons. The molecular weight excluding hydrogens is 304 g/mol. The lowest BCUT2D eigenvalue weighted by Crippen LogP contribution is -2.45. The Hall–Kier alpha value is -2.69. The minimum Gasteiger partial charge on any atom is -0.486 e. The number of carbonyl (C=O) groups is 1. The standard InChI is InChI=1S/C19H22N2O3/c1-14-7-9-15(10-8-14)11-20-19(22)21(2)12-16-13-23-17-5-3-4-6-18(17)24-16/h3-10,16H,11-13H2,1-2H3,(H,20,22). The second kappa shape index (κ2) is 7.25. The van der Waals surface area contributed by atoms with Crippen molar-refractivity contribution in [2.24, 2.45) is 0 Å². The maximum absolute atomic E-state index is 12.2. The number of benzene rings is 2. The first-order valence-electron chi connectivity index (χ1n) is 8.05. The Balaban J connectivity index is 1.49. The molecule has 2 aromatic rings. The van der Waals surface area contributed by atoms with Gasteiger partial charge in [0.2, 0.25) is 0 Å². The predicted octanol–water partition coefficient (Wildman–Crippen LogP) is 2.98. The molecule has 1 heterocycles. The fraction of sp³-hybridized carbons (Fsp3) is 0.316. The van der Waals surface area contributed by atoms with E-state index < -0.39 is 0 Å². The van der Waals surface area contributed by atoms with E-state index in [0.29, 0.717) is 19.7 Å². The number of rotatable bonds is 4. The quantitative estimate of drug-likeness (QED) is 0.940. The summed E-state index contributed by atoms with van der Waals surface area (Å²) in [5.41, 5.74) is 2.28. The monoisotopic (exact) mass is 326 g/mol. The number of hydrogen-bond donors (Lipinski definition) is 1. The minimum absolute atomic E-state index is 0.127. The zero-order valence-electron chi connectivity index (χ0n) is 14.0. The van der Waals surface area contributed by atoms with E-state index in [2.05, 4.69) is 5.32 Å².